The summed E-state index contributed by atoms with van der Waals surface area (Å²) in [4.78, 5) is 16.1. The summed E-state index contributed by atoms with van der Waals surface area (Å²) in [6.45, 7) is 2.53. The van der Waals surface area contributed by atoms with Gasteiger partial charge >= 0.3 is 0 Å². The van der Waals surface area contributed by atoms with E-state index in [9.17, 15) is 9.90 Å². The Kier molecular flexibility index (Phi) is 5.83. The Morgan fingerprint density at radius 1 is 1.38 bits per heavy atom. The molecule has 0 saturated heterocycles. The second-order valence-electron chi connectivity index (χ2n) is 4.50. The molecule has 6 heteroatoms. The molecule has 2 aromatic rings. The number of benzene rings is 1. The standard InChI is InChI=1S/C15H19N3O2S/c1-2-16-14(20)9-18-13(10-19)8-17-15(18)21-11-12-6-4-3-5-7-12/h3-8,19H,2,9-11H2,1H3,(H,16,20). The van der Waals surface area contributed by atoms with E-state index in [1.165, 1.54) is 5.56 Å². The van der Waals surface area contributed by atoms with Gasteiger partial charge in [-0.2, -0.15) is 0 Å². The van der Waals surface area contributed by atoms with Crippen LogP contribution in [0.15, 0.2) is 41.7 Å². The molecule has 112 valence electrons. The topological polar surface area (TPSA) is 67.2 Å². The highest BCUT2D eigenvalue weighted by molar-refractivity contribution is 7.98. The predicted molar refractivity (Wildman–Crippen MR) is 82.8 cm³/mol. The summed E-state index contributed by atoms with van der Waals surface area (Å²) >= 11 is 1.56. The van der Waals surface area contributed by atoms with Crippen LogP contribution in [0.5, 0.6) is 0 Å². The van der Waals surface area contributed by atoms with Gasteiger partial charge in [-0.15, -0.1) is 0 Å². The van der Waals surface area contributed by atoms with E-state index in [0.29, 0.717) is 12.2 Å². The monoisotopic (exact) mass is 305 g/mol. The van der Waals surface area contributed by atoms with Crippen LogP contribution in [0.25, 0.3) is 0 Å². The average molecular weight is 305 g/mol. The maximum atomic E-state index is 11.8. The van der Waals surface area contributed by atoms with E-state index in [1.54, 1.807) is 22.5 Å². The van der Waals surface area contributed by atoms with Gasteiger partial charge in [0, 0.05) is 12.3 Å². The van der Waals surface area contributed by atoms with Crippen molar-refractivity contribution in [1.29, 1.82) is 0 Å². The highest BCUT2D eigenvalue weighted by Gasteiger charge is 2.13. The van der Waals surface area contributed by atoms with Crippen LogP contribution >= 0.6 is 11.8 Å². The number of hydrogen-bond acceptors (Lipinski definition) is 4. The van der Waals surface area contributed by atoms with Crippen molar-refractivity contribution in [1.82, 2.24) is 14.9 Å². The van der Waals surface area contributed by atoms with Crippen LogP contribution in [-0.4, -0.2) is 27.1 Å². The molecular weight excluding hydrogens is 286 g/mol. The number of aliphatic hydroxyl groups is 1. The lowest BCUT2D eigenvalue weighted by Gasteiger charge is -2.10. The SMILES string of the molecule is CCNC(=O)Cn1c(CO)cnc1SCc1ccccc1. The van der Waals surface area contributed by atoms with E-state index in [4.69, 9.17) is 0 Å². The van der Waals surface area contributed by atoms with Crippen LogP contribution in [0.3, 0.4) is 0 Å². The quantitative estimate of drug-likeness (QED) is 0.766. The Morgan fingerprint density at radius 3 is 2.81 bits per heavy atom. The first-order valence-electron chi connectivity index (χ1n) is 6.83. The molecule has 0 aliphatic carbocycles. The van der Waals surface area contributed by atoms with Gasteiger partial charge in [-0.25, -0.2) is 4.98 Å². The molecular formula is C15H19N3O2S. The number of amides is 1. The minimum atomic E-state index is -0.127. The second kappa shape index (κ2) is 7.85. The fourth-order valence-electron chi connectivity index (χ4n) is 1.92. The van der Waals surface area contributed by atoms with Crippen molar-refractivity contribution >= 4 is 17.7 Å². The van der Waals surface area contributed by atoms with Crippen LogP contribution in [0.4, 0.5) is 0 Å². The molecule has 0 spiro atoms. The van der Waals surface area contributed by atoms with E-state index in [2.05, 4.69) is 22.4 Å². The number of thioether (sulfide) groups is 1. The van der Waals surface area contributed by atoms with Crippen LogP contribution < -0.4 is 5.32 Å². The van der Waals surface area contributed by atoms with Crippen molar-refractivity contribution in [3.05, 3.63) is 47.8 Å². The van der Waals surface area contributed by atoms with Crippen molar-refractivity contribution in [2.75, 3.05) is 6.54 Å². The third kappa shape index (κ3) is 4.34. The maximum Gasteiger partial charge on any atom is 0.240 e. The number of nitrogens with one attached hydrogen (secondary N) is 1. The first-order chi connectivity index (χ1) is 10.2. The second-order valence-corrected chi connectivity index (χ2v) is 5.45. The molecule has 1 aromatic heterocycles. The first-order valence-corrected chi connectivity index (χ1v) is 7.81. The van der Waals surface area contributed by atoms with Crippen LogP contribution in [0.1, 0.15) is 18.2 Å². The molecule has 0 radical (unpaired) electrons. The Hall–Kier alpha value is -1.79. The molecule has 1 heterocycles. The molecule has 0 atom stereocenters. The number of nitrogens with zero attached hydrogens (tertiary/aromatic N) is 2. The van der Waals surface area contributed by atoms with Crippen molar-refractivity contribution in [3.63, 3.8) is 0 Å². The molecule has 0 fully saturated rings. The lowest BCUT2D eigenvalue weighted by molar-refractivity contribution is -0.121. The summed E-state index contributed by atoms with van der Waals surface area (Å²) in [5, 5.41) is 12.9. The van der Waals surface area contributed by atoms with Crippen LogP contribution in [0, 0.1) is 0 Å². The molecule has 2 rings (SSSR count). The number of hydrogen-bond donors (Lipinski definition) is 2. The smallest absolute Gasteiger partial charge is 0.240 e. The molecule has 0 saturated carbocycles. The summed E-state index contributed by atoms with van der Waals surface area (Å²) in [6.07, 6.45) is 1.62. The van der Waals surface area contributed by atoms with Gasteiger partial charge in [0.2, 0.25) is 5.91 Å². The molecule has 2 N–H and O–H groups in total. The van der Waals surface area contributed by atoms with Gasteiger partial charge in [0.05, 0.1) is 18.5 Å². The largest absolute Gasteiger partial charge is 0.390 e. The van der Waals surface area contributed by atoms with Gasteiger partial charge in [0.1, 0.15) is 6.54 Å². The first kappa shape index (κ1) is 15.6. The molecule has 0 bridgehead atoms. The van der Waals surface area contributed by atoms with E-state index >= 15 is 0 Å². The number of carbonyl (C=O) groups is 1. The number of rotatable bonds is 7. The zero-order chi connectivity index (χ0) is 15.1. The Morgan fingerprint density at radius 2 is 2.14 bits per heavy atom. The summed E-state index contributed by atoms with van der Waals surface area (Å²) < 4.78 is 1.76. The van der Waals surface area contributed by atoms with Gasteiger partial charge in [0.25, 0.3) is 0 Å². The maximum absolute atomic E-state index is 11.8. The summed E-state index contributed by atoms with van der Waals surface area (Å²) in [7, 11) is 0. The van der Waals surface area contributed by atoms with Gasteiger partial charge in [-0.05, 0) is 12.5 Å². The van der Waals surface area contributed by atoms with Crippen molar-refractivity contribution in [3.8, 4) is 0 Å². The average Bonchev–Trinajstić information content (AvgIpc) is 2.88. The number of likely N-dealkylation sites (N-methyl/N-ethyl adjacent to an activating group) is 1. The predicted octanol–water partition coefficient (Wildman–Crippen LogP) is 1.80. The normalized spacial score (nSPS) is 10.6. The van der Waals surface area contributed by atoms with Crippen molar-refractivity contribution in [2.45, 2.75) is 31.0 Å². The summed E-state index contributed by atoms with van der Waals surface area (Å²) in [6, 6.07) is 10.1. The molecule has 1 amide bonds. The zero-order valence-corrected chi connectivity index (χ0v) is 12.8. The van der Waals surface area contributed by atoms with Gasteiger partial charge in [0.15, 0.2) is 5.16 Å². The zero-order valence-electron chi connectivity index (χ0n) is 12.0. The van der Waals surface area contributed by atoms with Crippen molar-refractivity contribution in [2.24, 2.45) is 0 Å². The number of imidazole rings is 1. The molecule has 5 nitrogen and oxygen atoms in total. The minimum Gasteiger partial charge on any atom is -0.390 e. The third-order valence-electron chi connectivity index (χ3n) is 2.95. The van der Waals surface area contributed by atoms with Crippen molar-refractivity contribution < 1.29 is 9.90 Å². The lowest BCUT2D eigenvalue weighted by atomic mass is 10.2. The Bertz CT molecular complexity index is 584. The van der Waals surface area contributed by atoms with E-state index in [1.807, 2.05) is 25.1 Å². The molecule has 0 unspecified atom stereocenters. The third-order valence-corrected chi connectivity index (χ3v) is 4.01. The highest BCUT2D eigenvalue weighted by atomic mass is 32.2. The number of carbonyl (C=O) groups excluding carboxylic acids is 1. The number of aliphatic hydroxyl groups excluding tert-OH is 1. The molecule has 0 aliphatic heterocycles. The molecule has 0 aliphatic rings. The van der Waals surface area contributed by atoms with Gasteiger partial charge in [-0.3, -0.25) is 4.79 Å². The van der Waals surface area contributed by atoms with Gasteiger partial charge in [-0.1, -0.05) is 42.1 Å². The minimum absolute atomic E-state index is 0.0771. The highest BCUT2D eigenvalue weighted by Crippen LogP contribution is 2.23. The van der Waals surface area contributed by atoms with Gasteiger partial charge < -0.3 is 15.0 Å². The van der Waals surface area contributed by atoms with E-state index < -0.39 is 0 Å². The summed E-state index contributed by atoms with van der Waals surface area (Å²) in [5.41, 5.74) is 1.84. The fourth-order valence-corrected chi connectivity index (χ4v) is 2.87. The van der Waals surface area contributed by atoms with E-state index in [-0.39, 0.29) is 19.1 Å². The van der Waals surface area contributed by atoms with E-state index in [0.717, 1.165) is 10.9 Å². The van der Waals surface area contributed by atoms with Crippen LogP contribution in [0.2, 0.25) is 0 Å². The Balaban J connectivity index is 2.08. The Labute approximate surface area is 128 Å². The number of aromatic nitrogens is 2. The van der Waals surface area contributed by atoms with Crippen LogP contribution in [-0.2, 0) is 23.7 Å². The fraction of sp³-hybridized carbons (Fsp3) is 0.333. The lowest BCUT2D eigenvalue weighted by Crippen LogP contribution is -2.28. The molecule has 21 heavy (non-hydrogen) atoms. The molecule has 1 aromatic carbocycles. The summed E-state index contributed by atoms with van der Waals surface area (Å²) in [5.74, 6) is 0.699.